The third-order valence-corrected chi connectivity index (χ3v) is 6.54. The molecule has 180 valence electrons. The van der Waals surface area contributed by atoms with E-state index in [4.69, 9.17) is 14.2 Å². The first kappa shape index (κ1) is 22.5. The Morgan fingerprint density at radius 3 is 2.74 bits per heavy atom. The van der Waals surface area contributed by atoms with Crippen LogP contribution in [0.5, 0.6) is 5.88 Å². The molecule has 0 saturated carbocycles. The molecule has 1 saturated heterocycles. The van der Waals surface area contributed by atoms with Gasteiger partial charge in [0, 0.05) is 38.7 Å². The van der Waals surface area contributed by atoms with Gasteiger partial charge in [-0.25, -0.2) is 0 Å². The van der Waals surface area contributed by atoms with E-state index < -0.39 is 0 Å². The van der Waals surface area contributed by atoms with Gasteiger partial charge in [0.05, 0.1) is 6.61 Å². The number of fused-ring (bicyclic) bond motifs is 1. The summed E-state index contributed by atoms with van der Waals surface area (Å²) in [6, 6.07) is 3.89. The van der Waals surface area contributed by atoms with Crippen LogP contribution in [0.25, 0.3) is 0 Å². The van der Waals surface area contributed by atoms with Gasteiger partial charge in [-0.3, -0.25) is 9.69 Å². The summed E-state index contributed by atoms with van der Waals surface area (Å²) in [6.07, 6.45) is 15.1. The van der Waals surface area contributed by atoms with Crippen LogP contribution < -0.4 is 10.1 Å². The molecule has 34 heavy (non-hydrogen) atoms. The Labute approximate surface area is 200 Å². The van der Waals surface area contributed by atoms with Gasteiger partial charge in [-0.2, -0.15) is 4.98 Å². The van der Waals surface area contributed by atoms with Crippen molar-refractivity contribution in [3.63, 3.8) is 0 Å². The fourth-order valence-electron chi connectivity index (χ4n) is 4.50. The molecule has 8 nitrogen and oxygen atoms in total. The minimum absolute atomic E-state index is 0.0205. The first-order chi connectivity index (χ1) is 16.7. The molecule has 0 unspecified atom stereocenters. The van der Waals surface area contributed by atoms with Gasteiger partial charge in [-0.15, -0.1) is 0 Å². The lowest BCUT2D eigenvalue weighted by Crippen LogP contribution is -2.46. The van der Waals surface area contributed by atoms with E-state index in [-0.39, 0.29) is 5.91 Å². The smallest absolute Gasteiger partial charge is 0.231 e. The van der Waals surface area contributed by atoms with Crippen LogP contribution in [0.4, 0.5) is 5.82 Å². The van der Waals surface area contributed by atoms with E-state index in [1.165, 1.54) is 5.57 Å². The molecule has 0 atom stereocenters. The van der Waals surface area contributed by atoms with E-state index in [1.807, 2.05) is 12.1 Å². The van der Waals surface area contributed by atoms with Gasteiger partial charge in [0.1, 0.15) is 12.1 Å². The van der Waals surface area contributed by atoms with Crippen molar-refractivity contribution in [2.75, 3.05) is 44.6 Å². The molecule has 1 aromatic rings. The topological polar surface area (TPSA) is 76.2 Å². The molecular weight excluding hydrogens is 432 g/mol. The molecule has 1 fully saturated rings. The number of rotatable bonds is 8. The number of nitrogens with one attached hydrogen (secondary N) is 1. The second-order valence-electron chi connectivity index (χ2n) is 8.92. The van der Waals surface area contributed by atoms with Gasteiger partial charge < -0.3 is 24.4 Å². The fourth-order valence-corrected chi connectivity index (χ4v) is 4.50. The highest BCUT2D eigenvalue weighted by Crippen LogP contribution is 2.27. The first-order valence-corrected chi connectivity index (χ1v) is 12.2. The highest BCUT2D eigenvalue weighted by molar-refractivity contribution is 5.92. The molecule has 8 heteroatoms. The molecule has 0 radical (unpaired) electrons. The second kappa shape index (κ2) is 10.8. The van der Waals surface area contributed by atoms with Gasteiger partial charge in [-0.1, -0.05) is 18.2 Å². The van der Waals surface area contributed by atoms with E-state index in [9.17, 15) is 4.79 Å². The highest BCUT2D eigenvalue weighted by Gasteiger charge is 2.22. The Hall–Kier alpha value is -3.26. The summed E-state index contributed by atoms with van der Waals surface area (Å²) in [5, 5.41) is 2.82. The number of aromatic nitrogens is 1. The lowest BCUT2D eigenvalue weighted by atomic mass is 10.0. The molecule has 3 aliphatic heterocycles. The largest absolute Gasteiger partial charge is 0.478 e. The van der Waals surface area contributed by atoms with Crippen molar-refractivity contribution < 1.29 is 19.0 Å². The summed E-state index contributed by atoms with van der Waals surface area (Å²) in [5.74, 6) is 2.84. The van der Waals surface area contributed by atoms with Gasteiger partial charge >= 0.3 is 0 Å². The Balaban J connectivity index is 0.977. The maximum Gasteiger partial charge on any atom is 0.231 e. The predicted octanol–water partition coefficient (Wildman–Crippen LogP) is 3.71. The number of unbranched alkanes of at least 4 members (excludes halogenated alkanes) is 1. The van der Waals surface area contributed by atoms with Crippen LogP contribution in [0.3, 0.4) is 0 Å². The van der Waals surface area contributed by atoms with Crippen LogP contribution >= 0.6 is 0 Å². The maximum atomic E-state index is 11.5. The first-order valence-electron chi connectivity index (χ1n) is 12.2. The standard InChI is InChI=1S/C26H32N4O4/c31-23-10-8-21-9-11-24(28-26(21)27-23)32-17-5-4-12-29-13-15-30(16-14-29)25-19-33-22(18-34-25)20-6-2-1-3-7-20/h1-2,6,9,11,18-19H,3-5,7-8,10,12-17H2,(H,27,28,31). The molecule has 1 N–H and O–H groups in total. The van der Waals surface area contributed by atoms with Crippen molar-refractivity contribution in [2.24, 2.45) is 0 Å². The van der Waals surface area contributed by atoms with E-state index in [2.05, 4.69) is 38.3 Å². The van der Waals surface area contributed by atoms with Crippen LogP contribution in [-0.4, -0.2) is 60.0 Å². The molecule has 0 bridgehead atoms. The average molecular weight is 465 g/mol. The van der Waals surface area contributed by atoms with Gasteiger partial charge in [0.2, 0.25) is 17.7 Å². The monoisotopic (exact) mass is 464 g/mol. The normalized spacial score (nSPS) is 20.3. The summed E-state index contributed by atoms with van der Waals surface area (Å²) in [6.45, 7) is 5.52. The van der Waals surface area contributed by atoms with Crippen molar-refractivity contribution in [1.29, 1.82) is 0 Å². The Bertz CT molecular complexity index is 1020. The molecule has 1 aliphatic carbocycles. The van der Waals surface area contributed by atoms with Crippen molar-refractivity contribution in [3.8, 4) is 5.88 Å². The van der Waals surface area contributed by atoms with Crippen LogP contribution in [0.15, 0.2) is 60.1 Å². The lowest BCUT2D eigenvalue weighted by molar-refractivity contribution is -0.116. The van der Waals surface area contributed by atoms with Crippen LogP contribution in [0, 0.1) is 0 Å². The quantitative estimate of drug-likeness (QED) is 0.588. The number of nitrogens with zero attached hydrogens (tertiary/aromatic N) is 3. The predicted molar refractivity (Wildman–Crippen MR) is 129 cm³/mol. The molecule has 4 aliphatic rings. The van der Waals surface area contributed by atoms with Crippen LogP contribution in [0.1, 0.15) is 37.7 Å². The SMILES string of the molecule is O=C1CCc2ccc(OCCCCN3CCN(C4=COC(C5=CC=CCC5)=CO4)CC3)nc2N1. The van der Waals surface area contributed by atoms with Crippen LogP contribution in [-0.2, 0) is 20.7 Å². The zero-order chi connectivity index (χ0) is 23.2. The van der Waals surface area contributed by atoms with E-state index in [1.54, 1.807) is 12.5 Å². The van der Waals surface area contributed by atoms with Crippen molar-refractivity contribution >= 4 is 11.7 Å². The average Bonchev–Trinajstić information content (AvgIpc) is 2.89. The number of allylic oxidation sites excluding steroid dienone is 4. The molecule has 4 heterocycles. The Kier molecular flexibility index (Phi) is 7.14. The number of carbonyl (C=O) groups excluding carboxylic acids is 1. The zero-order valence-electron chi connectivity index (χ0n) is 19.5. The summed E-state index contributed by atoms with van der Waals surface area (Å²) in [7, 11) is 0. The number of piperazine rings is 1. The highest BCUT2D eigenvalue weighted by atomic mass is 16.6. The Morgan fingerprint density at radius 2 is 1.94 bits per heavy atom. The second-order valence-corrected chi connectivity index (χ2v) is 8.92. The summed E-state index contributed by atoms with van der Waals surface area (Å²) >= 11 is 0. The maximum absolute atomic E-state index is 11.5. The van der Waals surface area contributed by atoms with Crippen molar-refractivity contribution in [1.82, 2.24) is 14.8 Å². The minimum atomic E-state index is 0.0205. The third-order valence-electron chi connectivity index (χ3n) is 6.54. The van der Waals surface area contributed by atoms with E-state index >= 15 is 0 Å². The third kappa shape index (κ3) is 5.62. The number of aryl methyl sites for hydroxylation is 1. The molecule has 0 aromatic carbocycles. The molecule has 1 amide bonds. The minimum Gasteiger partial charge on any atom is -0.478 e. The van der Waals surface area contributed by atoms with Gasteiger partial charge in [0.15, 0.2) is 12.0 Å². The number of carbonyl (C=O) groups is 1. The van der Waals surface area contributed by atoms with Crippen molar-refractivity contribution in [3.05, 3.63) is 65.7 Å². The number of hydrogen-bond donors (Lipinski definition) is 1. The number of anilines is 1. The van der Waals surface area contributed by atoms with Gasteiger partial charge in [0.25, 0.3) is 0 Å². The van der Waals surface area contributed by atoms with E-state index in [0.717, 1.165) is 82.0 Å². The zero-order valence-corrected chi connectivity index (χ0v) is 19.5. The number of hydrogen-bond acceptors (Lipinski definition) is 7. The molecule has 5 rings (SSSR count). The summed E-state index contributed by atoms with van der Waals surface area (Å²) in [5.41, 5.74) is 2.25. The molecule has 1 aromatic heterocycles. The summed E-state index contributed by atoms with van der Waals surface area (Å²) in [4.78, 5) is 20.7. The van der Waals surface area contributed by atoms with Gasteiger partial charge in [-0.05, 0) is 55.9 Å². The molecular formula is C26H32N4O4. The van der Waals surface area contributed by atoms with Crippen molar-refractivity contribution in [2.45, 2.75) is 38.5 Å². The van der Waals surface area contributed by atoms with Crippen LogP contribution in [0.2, 0.25) is 0 Å². The summed E-state index contributed by atoms with van der Waals surface area (Å²) < 4.78 is 17.5. The number of amides is 1. The Morgan fingerprint density at radius 1 is 1.03 bits per heavy atom. The fraction of sp³-hybridized carbons (Fsp3) is 0.462. The number of ether oxygens (including phenoxy) is 3. The molecule has 0 spiro atoms. The number of pyridine rings is 1. The lowest BCUT2D eigenvalue weighted by Gasteiger charge is -2.36. The van der Waals surface area contributed by atoms with E-state index in [0.29, 0.717) is 24.7 Å².